The number of nitrogens with zero attached hydrogens (tertiary/aromatic N) is 4. The maximum Gasteiger partial charge on any atom is 0.324 e. The van der Waals surface area contributed by atoms with Gasteiger partial charge in [0.25, 0.3) is 0 Å². The molecule has 0 saturated carbocycles. The summed E-state index contributed by atoms with van der Waals surface area (Å²) in [5.74, 6) is 1.99. The van der Waals surface area contributed by atoms with Gasteiger partial charge < -0.3 is 15.0 Å². The molecule has 1 fully saturated rings. The lowest BCUT2D eigenvalue weighted by atomic mass is 10.2. The highest BCUT2D eigenvalue weighted by molar-refractivity contribution is 8.23. The van der Waals surface area contributed by atoms with Gasteiger partial charge in [-0.2, -0.15) is 10.6 Å². The number of nitrogens with one attached hydrogen (secondary N) is 2. The Morgan fingerprint density at radius 3 is 2.66 bits per heavy atom. The third kappa shape index (κ3) is 6.67. The number of urea groups is 1. The van der Waals surface area contributed by atoms with Gasteiger partial charge in [-0.15, -0.1) is 0 Å². The van der Waals surface area contributed by atoms with Gasteiger partial charge in [0.1, 0.15) is 11.6 Å². The van der Waals surface area contributed by atoms with Gasteiger partial charge in [-0.25, -0.2) is 19.7 Å². The molecule has 2 aromatic heterocycles. The molecule has 2 amide bonds. The average Bonchev–Trinajstić information content (AvgIpc) is 2.85. The van der Waals surface area contributed by atoms with Crippen LogP contribution < -0.4 is 15.5 Å². The van der Waals surface area contributed by atoms with E-state index in [1.54, 1.807) is 43.5 Å². The Morgan fingerprint density at radius 2 is 1.97 bits per heavy atom. The van der Waals surface area contributed by atoms with Crippen LogP contribution >= 0.6 is 10.6 Å². The lowest BCUT2D eigenvalue weighted by Crippen LogP contribution is -2.44. The molecule has 1 aromatic carbocycles. The highest BCUT2D eigenvalue weighted by Gasteiger charge is 2.23. The van der Waals surface area contributed by atoms with Crippen LogP contribution in [0.4, 0.5) is 22.1 Å². The predicted molar refractivity (Wildman–Crippen MR) is 139 cm³/mol. The van der Waals surface area contributed by atoms with Crippen molar-refractivity contribution in [3.8, 4) is 11.4 Å². The van der Waals surface area contributed by atoms with Crippen molar-refractivity contribution >= 4 is 33.9 Å². The topological polar surface area (TPSA) is 133 Å². The van der Waals surface area contributed by atoms with Crippen molar-refractivity contribution < 1.29 is 18.6 Å². The molecule has 4 N–H and O–H groups in total. The Hall–Kier alpha value is -3.25. The summed E-state index contributed by atoms with van der Waals surface area (Å²) in [7, 11) is -2.77. The molecule has 0 spiro atoms. The SMILES string of the molecule is CCS(O)(O)Cc1cc(N2CCOC[C@@H]2C)nc(-c2ccc(NC(=O)Nc3ccccn3)cc2)n1. The number of anilines is 3. The first-order valence-corrected chi connectivity index (χ1v) is 13.3. The van der Waals surface area contributed by atoms with Crippen molar-refractivity contribution in [3.63, 3.8) is 0 Å². The van der Waals surface area contributed by atoms with E-state index in [9.17, 15) is 13.9 Å². The zero-order valence-corrected chi connectivity index (χ0v) is 20.5. The van der Waals surface area contributed by atoms with Gasteiger partial charge in [-0.05, 0) is 50.2 Å². The summed E-state index contributed by atoms with van der Waals surface area (Å²) in [6.45, 7) is 5.70. The molecule has 0 aliphatic carbocycles. The quantitative estimate of drug-likeness (QED) is 0.369. The van der Waals surface area contributed by atoms with Crippen molar-refractivity contribution in [1.82, 2.24) is 15.0 Å². The lowest BCUT2D eigenvalue weighted by Gasteiger charge is -2.35. The minimum atomic E-state index is -2.77. The first kappa shape index (κ1) is 24.9. The summed E-state index contributed by atoms with van der Waals surface area (Å²) in [4.78, 5) is 27.9. The van der Waals surface area contributed by atoms with Gasteiger partial charge >= 0.3 is 6.03 Å². The molecule has 1 saturated heterocycles. The van der Waals surface area contributed by atoms with Gasteiger partial charge in [0.15, 0.2) is 5.82 Å². The Kier molecular flexibility index (Phi) is 7.81. The van der Waals surface area contributed by atoms with E-state index in [1.807, 2.05) is 18.2 Å². The van der Waals surface area contributed by atoms with Crippen LogP contribution in [0.25, 0.3) is 11.4 Å². The number of aromatic nitrogens is 3. The van der Waals surface area contributed by atoms with Crippen LogP contribution in [-0.4, -0.2) is 61.6 Å². The van der Waals surface area contributed by atoms with E-state index in [4.69, 9.17) is 9.72 Å². The molecular weight excluding hydrogens is 468 g/mol. The molecule has 1 aliphatic rings. The molecular formula is C24H30N6O4S. The summed E-state index contributed by atoms with van der Waals surface area (Å²) < 4.78 is 26.2. The predicted octanol–water partition coefficient (Wildman–Crippen LogP) is 4.68. The van der Waals surface area contributed by atoms with Crippen molar-refractivity contribution in [2.75, 3.05) is 41.0 Å². The van der Waals surface area contributed by atoms with Gasteiger partial charge in [-0.1, -0.05) is 6.07 Å². The van der Waals surface area contributed by atoms with E-state index in [0.29, 0.717) is 42.8 Å². The Morgan fingerprint density at radius 1 is 1.17 bits per heavy atom. The van der Waals surface area contributed by atoms with E-state index >= 15 is 0 Å². The zero-order chi connectivity index (χ0) is 24.8. The van der Waals surface area contributed by atoms with Crippen LogP contribution in [0, 0.1) is 0 Å². The number of hydrogen-bond acceptors (Lipinski definition) is 8. The molecule has 35 heavy (non-hydrogen) atoms. The molecule has 1 aliphatic heterocycles. The molecule has 0 unspecified atom stereocenters. The van der Waals surface area contributed by atoms with Gasteiger partial charge in [0.05, 0.1) is 30.7 Å². The van der Waals surface area contributed by atoms with E-state index in [1.165, 1.54) is 0 Å². The number of carbonyl (C=O) groups excluding carboxylic acids is 1. The van der Waals surface area contributed by atoms with Crippen molar-refractivity contribution in [1.29, 1.82) is 0 Å². The fourth-order valence-electron chi connectivity index (χ4n) is 3.66. The molecule has 186 valence electrons. The fraction of sp³-hybridized carbons (Fsp3) is 0.333. The van der Waals surface area contributed by atoms with E-state index in [-0.39, 0.29) is 17.5 Å². The second-order valence-corrected chi connectivity index (χ2v) is 10.7. The Balaban J connectivity index is 1.56. The van der Waals surface area contributed by atoms with Crippen LogP contribution in [0.2, 0.25) is 0 Å². The number of morpholine rings is 1. The molecule has 3 heterocycles. The summed E-state index contributed by atoms with van der Waals surface area (Å²) >= 11 is 0. The third-order valence-corrected chi connectivity index (χ3v) is 7.26. The number of hydrogen-bond donors (Lipinski definition) is 4. The summed E-state index contributed by atoms with van der Waals surface area (Å²) in [5.41, 5.74) is 1.92. The molecule has 0 radical (unpaired) electrons. The Labute approximate surface area is 206 Å². The second kappa shape index (κ2) is 11.0. The van der Waals surface area contributed by atoms with Crippen LogP contribution in [0.5, 0.6) is 0 Å². The number of carbonyl (C=O) groups is 1. The summed E-state index contributed by atoms with van der Waals surface area (Å²) in [6, 6.07) is 14.0. The van der Waals surface area contributed by atoms with Crippen LogP contribution in [0.1, 0.15) is 19.5 Å². The number of benzene rings is 1. The number of pyridine rings is 1. The normalized spacial score (nSPS) is 16.6. The van der Waals surface area contributed by atoms with Crippen molar-refractivity contribution in [2.45, 2.75) is 25.6 Å². The van der Waals surface area contributed by atoms with E-state index < -0.39 is 16.6 Å². The summed E-state index contributed by atoms with van der Waals surface area (Å²) in [5, 5.41) is 5.44. The molecule has 3 aromatic rings. The smallest absolute Gasteiger partial charge is 0.324 e. The van der Waals surface area contributed by atoms with Gasteiger partial charge in [0, 0.05) is 35.8 Å². The minimum absolute atomic E-state index is 0.0675. The zero-order valence-electron chi connectivity index (χ0n) is 19.7. The summed E-state index contributed by atoms with van der Waals surface area (Å²) in [6.07, 6.45) is 1.60. The van der Waals surface area contributed by atoms with Crippen molar-refractivity contribution in [3.05, 3.63) is 60.4 Å². The molecule has 1 atom stereocenters. The van der Waals surface area contributed by atoms with Gasteiger partial charge in [0.2, 0.25) is 0 Å². The van der Waals surface area contributed by atoms with E-state index in [2.05, 4.69) is 32.4 Å². The maximum absolute atomic E-state index is 12.2. The minimum Gasteiger partial charge on any atom is -0.377 e. The molecule has 4 rings (SSSR count). The highest BCUT2D eigenvalue weighted by Crippen LogP contribution is 2.42. The van der Waals surface area contributed by atoms with Crippen LogP contribution in [-0.2, 0) is 10.5 Å². The molecule has 10 nitrogen and oxygen atoms in total. The van der Waals surface area contributed by atoms with E-state index in [0.717, 1.165) is 11.4 Å². The number of ether oxygens (including phenoxy) is 1. The van der Waals surface area contributed by atoms with Crippen LogP contribution in [0.3, 0.4) is 0 Å². The Bertz CT molecular complexity index is 1150. The van der Waals surface area contributed by atoms with Crippen LogP contribution in [0.15, 0.2) is 54.7 Å². The average molecular weight is 499 g/mol. The third-order valence-electron chi connectivity index (χ3n) is 5.58. The maximum atomic E-state index is 12.2. The van der Waals surface area contributed by atoms with Crippen molar-refractivity contribution in [2.24, 2.45) is 0 Å². The molecule has 0 bridgehead atoms. The monoisotopic (exact) mass is 498 g/mol. The first-order chi connectivity index (χ1) is 16.8. The second-order valence-electron chi connectivity index (χ2n) is 8.27. The largest absolute Gasteiger partial charge is 0.377 e. The number of amides is 2. The first-order valence-electron chi connectivity index (χ1n) is 11.4. The lowest BCUT2D eigenvalue weighted by molar-refractivity contribution is 0.0985. The number of rotatable bonds is 7. The highest BCUT2D eigenvalue weighted by atomic mass is 32.3. The standard InChI is InChI=1S/C24H30N6O4S/c1-3-35(32,33)16-20-14-22(30-12-13-34-15-17(30)2)29-23(26-20)18-7-9-19(10-8-18)27-24(31)28-21-6-4-5-11-25-21/h4-11,14,17,32-33H,3,12-13,15-16H2,1-2H3,(H2,25,27,28,31)/t17-/m0/s1. The fourth-order valence-corrected chi connectivity index (χ4v) is 4.48. The molecule has 11 heteroatoms. The van der Waals surface area contributed by atoms with Gasteiger partial charge in [-0.3, -0.25) is 14.4 Å².